The van der Waals surface area contributed by atoms with E-state index in [1.165, 1.54) is 6.07 Å². The quantitative estimate of drug-likeness (QED) is 0.490. The van der Waals surface area contributed by atoms with Crippen LogP contribution in [0.5, 0.6) is 0 Å². The van der Waals surface area contributed by atoms with Gasteiger partial charge in [-0.05, 0) is 18.6 Å². The molecule has 0 spiro atoms. The fraction of sp³-hybridized carbons (Fsp3) is 0.333. The highest BCUT2D eigenvalue weighted by Crippen LogP contribution is 2.27. The SMILES string of the molecule is O=[N+]([O-])c1cc(Br)ccc1NCCCO. The molecule has 0 bridgehead atoms. The van der Waals surface area contributed by atoms with E-state index in [1.54, 1.807) is 12.1 Å². The molecule has 0 saturated heterocycles. The molecule has 0 aromatic heterocycles. The van der Waals surface area contributed by atoms with Gasteiger partial charge in [0.25, 0.3) is 5.69 Å². The number of hydrogen-bond donors (Lipinski definition) is 2. The summed E-state index contributed by atoms with van der Waals surface area (Å²) in [6.45, 7) is 0.580. The van der Waals surface area contributed by atoms with Crippen LogP contribution in [0.25, 0.3) is 0 Å². The first-order valence-corrected chi connectivity index (χ1v) is 5.23. The van der Waals surface area contributed by atoms with Crippen LogP contribution in [-0.2, 0) is 0 Å². The van der Waals surface area contributed by atoms with Crippen LogP contribution in [0, 0.1) is 10.1 Å². The number of halogens is 1. The Morgan fingerprint density at radius 1 is 1.53 bits per heavy atom. The monoisotopic (exact) mass is 274 g/mol. The summed E-state index contributed by atoms with van der Waals surface area (Å²) in [4.78, 5) is 10.3. The van der Waals surface area contributed by atoms with Crippen LogP contribution < -0.4 is 5.32 Å². The molecule has 1 aromatic rings. The number of aliphatic hydroxyl groups excluding tert-OH is 1. The fourth-order valence-electron chi connectivity index (χ4n) is 1.11. The van der Waals surface area contributed by atoms with Gasteiger partial charge in [0.05, 0.1) is 4.92 Å². The van der Waals surface area contributed by atoms with E-state index in [9.17, 15) is 10.1 Å². The lowest BCUT2D eigenvalue weighted by molar-refractivity contribution is -0.384. The van der Waals surface area contributed by atoms with Crippen molar-refractivity contribution >= 4 is 27.3 Å². The van der Waals surface area contributed by atoms with Gasteiger partial charge in [0.2, 0.25) is 0 Å². The Balaban J connectivity index is 2.81. The smallest absolute Gasteiger partial charge is 0.293 e. The minimum Gasteiger partial charge on any atom is -0.396 e. The first kappa shape index (κ1) is 11.9. The van der Waals surface area contributed by atoms with E-state index in [-0.39, 0.29) is 12.3 Å². The number of nitrogens with zero attached hydrogens (tertiary/aromatic N) is 1. The molecule has 0 fully saturated rings. The molecule has 15 heavy (non-hydrogen) atoms. The maximum absolute atomic E-state index is 10.7. The highest BCUT2D eigenvalue weighted by Gasteiger charge is 2.13. The molecule has 0 radical (unpaired) electrons. The Bertz CT molecular complexity index is 357. The van der Waals surface area contributed by atoms with Gasteiger partial charge >= 0.3 is 0 Å². The Morgan fingerprint density at radius 2 is 2.27 bits per heavy atom. The van der Waals surface area contributed by atoms with Crippen molar-refractivity contribution in [1.82, 2.24) is 0 Å². The van der Waals surface area contributed by atoms with Crippen molar-refractivity contribution in [3.8, 4) is 0 Å². The lowest BCUT2D eigenvalue weighted by Crippen LogP contribution is -2.05. The number of hydrogen-bond acceptors (Lipinski definition) is 4. The third kappa shape index (κ3) is 3.49. The van der Waals surface area contributed by atoms with Gasteiger partial charge in [-0.2, -0.15) is 0 Å². The lowest BCUT2D eigenvalue weighted by Gasteiger charge is -2.05. The van der Waals surface area contributed by atoms with Crippen molar-refractivity contribution in [2.75, 3.05) is 18.5 Å². The first-order valence-electron chi connectivity index (χ1n) is 4.44. The summed E-state index contributed by atoms with van der Waals surface area (Å²) in [5.41, 5.74) is 0.499. The van der Waals surface area contributed by atoms with Crippen LogP contribution in [0.15, 0.2) is 22.7 Å². The zero-order valence-corrected chi connectivity index (χ0v) is 9.53. The summed E-state index contributed by atoms with van der Waals surface area (Å²) in [5, 5.41) is 22.2. The minimum absolute atomic E-state index is 0.0299. The lowest BCUT2D eigenvalue weighted by atomic mass is 10.2. The van der Waals surface area contributed by atoms with Crippen molar-refractivity contribution in [3.63, 3.8) is 0 Å². The highest BCUT2D eigenvalue weighted by molar-refractivity contribution is 9.10. The molecule has 6 heteroatoms. The molecule has 1 aromatic carbocycles. The second kappa shape index (κ2) is 5.67. The predicted octanol–water partition coefficient (Wildman–Crippen LogP) is 2.15. The average Bonchev–Trinajstić information content (AvgIpc) is 2.20. The van der Waals surface area contributed by atoms with Gasteiger partial charge in [-0.25, -0.2) is 0 Å². The number of nitro benzene ring substituents is 1. The zero-order valence-electron chi connectivity index (χ0n) is 7.94. The highest BCUT2D eigenvalue weighted by atomic mass is 79.9. The summed E-state index contributed by atoms with van der Waals surface area (Å²) in [5.74, 6) is 0. The fourth-order valence-corrected chi connectivity index (χ4v) is 1.46. The maximum Gasteiger partial charge on any atom is 0.293 e. The Hall–Kier alpha value is -1.14. The maximum atomic E-state index is 10.7. The minimum atomic E-state index is -0.438. The summed E-state index contributed by atoms with van der Waals surface area (Å²) in [7, 11) is 0. The predicted molar refractivity (Wildman–Crippen MR) is 61.0 cm³/mol. The Labute approximate surface area is 95.4 Å². The molecule has 5 nitrogen and oxygen atoms in total. The van der Waals surface area contributed by atoms with Crippen LogP contribution in [0.4, 0.5) is 11.4 Å². The number of nitrogens with one attached hydrogen (secondary N) is 1. The number of anilines is 1. The van der Waals surface area contributed by atoms with Crippen LogP contribution in [0.2, 0.25) is 0 Å². The average molecular weight is 275 g/mol. The third-order valence-electron chi connectivity index (χ3n) is 1.81. The van der Waals surface area contributed by atoms with Gasteiger partial charge in [0.1, 0.15) is 5.69 Å². The summed E-state index contributed by atoms with van der Waals surface area (Å²) in [6, 6.07) is 4.81. The molecule has 0 heterocycles. The van der Waals surface area contributed by atoms with Crippen molar-refractivity contribution in [2.24, 2.45) is 0 Å². The van der Waals surface area contributed by atoms with E-state index in [0.717, 1.165) is 0 Å². The second-order valence-corrected chi connectivity index (χ2v) is 3.84. The van der Waals surface area contributed by atoms with Gasteiger partial charge in [-0.3, -0.25) is 10.1 Å². The van der Waals surface area contributed by atoms with E-state index in [4.69, 9.17) is 5.11 Å². The van der Waals surface area contributed by atoms with E-state index in [1.807, 2.05) is 0 Å². The zero-order chi connectivity index (χ0) is 11.3. The molecule has 0 aliphatic carbocycles. The molecule has 0 unspecified atom stereocenters. The number of benzene rings is 1. The molecule has 1 rings (SSSR count). The molecule has 82 valence electrons. The standard InChI is InChI=1S/C9H11BrN2O3/c10-7-2-3-8(11-4-1-5-13)9(6-7)12(14)15/h2-3,6,11,13H,1,4-5H2. The van der Waals surface area contributed by atoms with Crippen LogP contribution in [-0.4, -0.2) is 23.2 Å². The van der Waals surface area contributed by atoms with Gasteiger partial charge in [-0.1, -0.05) is 15.9 Å². The van der Waals surface area contributed by atoms with Crippen LogP contribution in [0.3, 0.4) is 0 Å². The molecule has 0 saturated carbocycles. The number of nitro groups is 1. The molecular formula is C9H11BrN2O3. The molecule has 2 N–H and O–H groups in total. The number of aliphatic hydroxyl groups is 1. The van der Waals surface area contributed by atoms with Crippen molar-refractivity contribution in [3.05, 3.63) is 32.8 Å². The van der Waals surface area contributed by atoms with Gasteiger partial charge in [0.15, 0.2) is 0 Å². The molecule has 0 aliphatic rings. The Morgan fingerprint density at radius 3 is 2.87 bits per heavy atom. The second-order valence-electron chi connectivity index (χ2n) is 2.92. The van der Waals surface area contributed by atoms with Crippen LogP contribution in [0.1, 0.15) is 6.42 Å². The molecule has 0 atom stereocenters. The van der Waals surface area contributed by atoms with E-state index in [2.05, 4.69) is 21.2 Å². The largest absolute Gasteiger partial charge is 0.396 e. The first-order chi connectivity index (χ1) is 7.15. The van der Waals surface area contributed by atoms with E-state index >= 15 is 0 Å². The summed E-state index contributed by atoms with van der Waals surface area (Å²) < 4.78 is 0.668. The summed E-state index contributed by atoms with van der Waals surface area (Å²) >= 11 is 3.17. The third-order valence-corrected chi connectivity index (χ3v) is 2.30. The molecule has 0 aliphatic heterocycles. The van der Waals surface area contributed by atoms with Crippen molar-refractivity contribution in [2.45, 2.75) is 6.42 Å². The summed E-state index contributed by atoms with van der Waals surface area (Å²) in [6.07, 6.45) is 0.563. The van der Waals surface area contributed by atoms with Crippen LogP contribution >= 0.6 is 15.9 Å². The van der Waals surface area contributed by atoms with Crippen molar-refractivity contribution < 1.29 is 10.0 Å². The van der Waals surface area contributed by atoms with Gasteiger partial charge in [-0.15, -0.1) is 0 Å². The van der Waals surface area contributed by atoms with E-state index in [0.29, 0.717) is 23.1 Å². The molecular weight excluding hydrogens is 264 g/mol. The van der Waals surface area contributed by atoms with Crippen molar-refractivity contribution in [1.29, 1.82) is 0 Å². The normalized spacial score (nSPS) is 10.0. The van der Waals surface area contributed by atoms with Gasteiger partial charge < -0.3 is 10.4 Å². The number of rotatable bonds is 5. The van der Waals surface area contributed by atoms with E-state index < -0.39 is 4.92 Å². The topological polar surface area (TPSA) is 75.4 Å². The van der Waals surface area contributed by atoms with Gasteiger partial charge in [0, 0.05) is 23.7 Å². The Kier molecular flexibility index (Phi) is 4.51. The molecule has 0 amide bonds.